The maximum absolute atomic E-state index is 10.8. The smallest absolute Gasteiger partial charge is 0.452 e. The first-order chi connectivity index (χ1) is 19.5. The fourth-order valence-corrected chi connectivity index (χ4v) is 1.19. The Bertz CT molecular complexity index is 839. The van der Waals surface area contributed by atoms with Crippen LogP contribution in [0.3, 0.4) is 0 Å². The van der Waals surface area contributed by atoms with Gasteiger partial charge in [0.05, 0.1) is 32.5 Å². The van der Waals surface area contributed by atoms with Crippen LogP contribution in [0.25, 0.3) is 0 Å². The molecule has 0 rings (SSSR count). The largest absolute Gasteiger partial charge is 0.478 e. The lowest BCUT2D eigenvalue weighted by Crippen LogP contribution is -2.09. The molecule has 0 aromatic heterocycles. The average molecular weight is 603 g/mol. The highest BCUT2D eigenvalue weighted by Gasteiger charge is 2.06. The summed E-state index contributed by atoms with van der Waals surface area (Å²) < 4.78 is 22.4. The summed E-state index contributed by atoms with van der Waals surface area (Å²) in [5, 5.41) is 13.9. The Morgan fingerprint density at radius 3 is 1.31 bits per heavy atom. The maximum Gasteiger partial charge on any atom is 0.452 e. The molecule has 0 aromatic rings. The van der Waals surface area contributed by atoms with E-state index >= 15 is 0 Å². The summed E-state index contributed by atoms with van der Waals surface area (Å²) >= 11 is 0. The molecule has 14 heteroatoms. The monoisotopic (exact) mass is 602 g/mol. The lowest BCUT2D eigenvalue weighted by Gasteiger charge is -2.03. The van der Waals surface area contributed by atoms with Crippen molar-refractivity contribution in [3.63, 3.8) is 0 Å². The highest BCUT2D eigenvalue weighted by molar-refractivity contribution is 5.84. The molecule has 2 amide bonds. The second kappa shape index (κ2) is 34.4. The summed E-state index contributed by atoms with van der Waals surface area (Å²) in [6, 6.07) is 0. The topological polar surface area (TPSA) is 194 Å². The number of azo groups is 1. The van der Waals surface area contributed by atoms with Crippen molar-refractivity contribution >= 4 is 36.1 Å². The van der Waals surface area contributed by atoms with E-state index in [1.807, 2.05) is 6.92 Å². The quantitative estimate of drug-likeness (QED) is 0.104. The van der Waals surface area contributed by atoms with Crippen molar-refractivity contribution in [3.05, 3.63) is 50.1 Å². The number of methoxy groups -OCH3 is 1. The van der Waals surface area contributed by atoms with E-state index in [-0.39, 0.29) is 29.7 Å². The molecule has 0 fully saturated rings. The maximum atomic E-state index is 10.8. The summed E-state index contributed by atoms with van der Waals surface area (Å²) in [6.45, 7) is 25.6. The molecule has 0 spiro atoms. The van der Waals surface area contributed by atoms with Gasteiger partial charge in [-0.2, -0.15) is 0 Å². The summed E-state index contributed by atoms with van der Waals surface area (Å²) in [7, 11) is 1.31. The van der Waals surface area contributed by atoms with Crippen LogP contribution >= 0.6 is 0 Å². The van der Waals surface area contributed by atoms with Crippen LogP contribution in [-0.4, -0.2) is 73.7 Å². The number of rotatable bonds is 10. The van der Waals surface area contributed by atoms with Crippen molar-refractivity contribution in [2.75, 3.05) is 20.3 Å². The van der Waals surface area contributed by atoms with Crippen molar-refractivity contribution in [2.24, 2.45) is 10.2 Å². The first kappa shape index (κ1) is 47.2. The fourth-order valence-electron chi connectivity index (χ4n) is 1.19. The molecular weight excluding hydrogens is 556 g/mol. The zero-order valence-corrected chi connectivity index (χ0v) is 25.9. The van der Waals surface area contributed by atoms with Crippen molar-refractivity contribution in [3.8, 4) is 0 Å². The number of carbonyl (C=O) groups excluding carboxylic acids is 5. The molecule has 0 aliphatic heterocycles. The predicted octanol–water partition coefficient (Wildman–Crippen LogP) is 5.77. The minimum atomic E-state index is -0.935. The van der Waals surface area contributed by atoms with Gasteiger partial charge < -0.3 is 28.8 Å². The summed E-state index contributed by atoms with van der Waals surface area (Å²) in [5.74, 6) is -2.02. The second-order valence-electron chi connectivity index (χ2n) is 7.56. The Labute approximate surface area is 248 Å². The van der Waals surface area contributed by atoms with E-state index in [9.17, 15) is 28.8 Å². The standard InChI is InChI=1S/C8H14N2O4.C7H12O2.C5H8O2.2C4H6O2/c1-5(2)13-7(11)9-10-8(12)14-6(3)4;1-3-5-6-9-7(8)4-2;1-3-5(6)7-4-2;1-3-4(5)6-2;1-3(2)4(5)6/h5-6H,1-4H3;4H,2-3,5-6H2,1H3;3H,1,4H2,2H3;3H,1H2,2H3;1H2,2H3,(H,5,6). The number of amides is 2. The van der Waals surface area contributed by atoms with Gasteiger partial charge in [-0.3, -0.25) is 0 Å². The van der Waals surface area contributed by atoms with Gasteiger partial charge in [0, 0.05) is 23.8 Å². The molecule has 14 nitrogen and oxygen atoms in total. The molecule has 0 aromatic carbocycles. The van der Waals surface area contributed by atoms with Crippen molar-refractivity contribution < 1.29 is 57.6 Å². The highest BCUT2D eigenvalue weighted by Crippen LogP contribution is 1.96. The minimum Gasteiger partial charge on any atom is -0.478 e. The van der Waals surface area contributed by atoms with E-state index in [4.69, 9.17) is 5.11 Å². The average Bonchev–Trinajstić information content (AvgIpc) is 2.92. The summed E-state index contributed by atoms with van der Waals surface area (Å²) in [6.07, 6.45) is 3.02. The molecule has 0 saturated heterocycles. The molecule has 0 bridgehead atoms. The Balaban J connectivity index is -0.000000143. The number of hydrogen-bond acceptors (Lipinski definition) is 11. The normalized spacial score (nSPS) is 8.81. The zero-order valence-electron chi connectivity index (χ0n) is 25.9. The predicted molar refractivity (Wildman–Crippen MR) is 156 cm³/mol. The lowest BCUT2D eigenvalue weighted by molar-refractivity contribution is -0.138. The molecule has 240 valence electrons. The summed E-state index contributed by atoms with van der Waals surface area (Å²) in [4.78, 5) is 61.4. The van der Waals surface area contributed by atoms with E-state index in [0.29, 0.717) is 13.2 Å². The van der Waals surface area contributed by atoms with Crippen LogP contribution in [-0.2, 0) is 42.9 Å². The van der Waals surface area contributed by atoms with Gasteiger partial charge in [0.1, 0.15) is 0 Å². The lowest BCUT2D eigenvalue weighted by atomic mass is 10.4. The Morgan fingerprint density at radius 1 is 0.762 bits per heavy atom. The third-order valence-electron chi connectivity index (χ3n) is 2.98. The highest BCUT2D eigenvalue weighted by atomic mass is 16.6. The van der Waals surface area contributed by atoms with E-state index < -0.39 is 24.1 Å². The fraction of sp³-hybridized carbons (Fsp3) is 0.500. The van der Waals surface area contributed by atoms with Crippen molar-refractivity contribution in [1.82, 2.24) is 0 Å². The molecule has 0 radical (unpaired) electrons. The number of carbonyl (C=O) groups is 6. The molecule has 0 heterocycles. The Hall–Kier alpha value is -4.62. The van der Waals surface area contributed by atoms with E-state index in [1.54, 1.807) is 34.6 Å². The number of hydrogen-bond donors (Lipinski definition) is 1. The van der Waals surface area contributed by atoms with Crippen LogP contribution in [0.15, 0.2) is 60.3 Å². The minimum absolute atomic E-state index is 0.176. The van der Waals surface area contributed by atoms with Crippen molar-refractivity contribution in [1.29, 1.82) is 0 Å². The van der Waals surface area contributed by atoms with E-state index in [2.05, 4.69) is 60.2 Å². The van der Waals surface area contributed by atoms with Crippen LogP contribution in [0, 0.1) is 0 Å². The summed E-state index contributed by atoms with van der Waals surface area (Å²) in [5.41, 5.74) is 0.176. The van der Waals surface area contributed by atoms with Gasteiger partial charge in [0.25, 0.3) is 0 Å². The second-order valence-corrected chi connectivity index (χ2v) is 7.56. The number of esters is 3. The van der Waals surface area contributed by atoms with Gasteiger partial charge in [-0.25, -0.2) is 28.8 Å². The van der Waals surface area contributed by atoms with Gasteiger partial charge >= 0.3 is 36.1 Å². The van der Waals surface area contributed by atoms with Gasteiger partial charge in [0.15, 0.2) is 0 Å². The van der Waals surface area contributed by atoms with Gasteiger partial charge in [-0.15, -0.1) is 0 Å². The SMILES string of the molecule is C=C(C)C(=O)O.C=CC(=O)OC.C=CC(=O)OCC.C=CC(=O)OCCCC.CC(C)OC(=O)N=NC(=O)OC(C)C. The zero-order chi connectivity index (χ0) is 34.1. The van der Waals surface area contributed by atoms with Crippen LogP contribution < -0.4 is 0 Å². The number of unbranched alkanes of at least 4 members (excludes halogenated alkanes) is 1. The molecule has 0 atom stereocenters. The van der Waals surface area contributed by atoms with Gasteiger partial charge in [-0.1, -0.05) is 49.9 Å². The Morgan fingerprint density at radius 2 is 1.12 bits per heavy atom. The van der Waals surface area contributed by atoms with Crippen LogP contribution in [0.2, 0.25) is 0 Å². The number of aliphatic carboxylic acids is 1. The molecule has 0 aliphatic carbocycles. The van der Waals surface area contributed by atoms with Crippen LogP contribution in [0.1, 0.15) is 61.3 Å². The first-order valence-corrected chi connectivity index (χ1v) is 12.5. The molecule has 0 unspecified atom stereocenters. The Kier molecular flexibility index (Phi) is 38.7. The molecule has 0 saturated carbocycles. The number of carboxylic acid groups (broad SMARTS) is 1. The third kappa shape index (κ3) is 51.9. The van der Waals surface area contributed by atoms with Gasteiger partial charge in [0.2, 0.25) is 0 Å². The third-order valence-corrected chi connectivity index (χ3v) is 2.98. The molecule has 0 aliphatic rings. The number of ether oxygens (including phenoxy) is 5. The van der Waals surface area contributed by atoms with E-state index in [0.717, 1.165) is 25.0 Å². The van der Waals surface area contributed by atoms with Crippen LogP contribution in [0.4, 0.5) is 9.59 Å². The van der Waals surface area contributed by atoms with Crippen molar-refractivity contribution in [2.45, 2.75) is 73.5 Å². The first-order valence-electron chi connectivity index (χ1n) is 12.5. The van der Waals surface area contributed by atoms with E-state index in [1.165, 1.54) is 20.1 Å². The molecule has 1 N–H and O–H groups in total. The van der Waals surface area contributed by atoms with Gasteiger partial charge in [-0.05, 0) is 48.0 Å². The molecule has 42 heavy (non-hydrogen) atoms. The number of nitrogens with zero attached hydrogens (tertiary/aromatic N) is 2. The molecular formula is C28H46N2O12. The number of carboxylic acids is 1. The van der Waals surface area contributed by atoms with Crippen LogP contribution in [0.5, 0.6) is 0 Å².